The van der Waals surface area contributed by atoms with Gasteiger partial charge in [-0.3, -0.25) is 9.59 Å². The van der Waals surface area contributed by atoms with E-state index in [-0.39, 0.29) is 17.2 Å². The first-order valence-corrected chi connectivity index (χ1v) is 11.2. The van der Waals surface area contributed by atoms with E-state index >= 15 is 0 Å². The standard InChI is InChI=1S/C21H24N4O2S2/c1-12(2)9-15-5-7-16(8-6-15)17-10-28-21(23-17)24-18(26)11-29-20-22-14(4)13(3)19(27)25-20/h5-8,10,12H,9,11H2,1-4H3,(H,22,25,27)(H,23,24,26). The lowest BCUT2D eigenvalue weighted by molar-refractivity contribution is -0.113. The van der Waals surface area contributed by atoms with Gasteiger partial charge in [-0.1, -0.05) is 49.9 Å². The van der Waals surface area contributed by atoms with Crippen LogP contribution in [0.1, 0.15) is 30.7 Å². The predicted octanol–water partition coefficient (Wildman–Crippen LogP) is 4.44. The fraction of sp³-hybridized carbons (Fsp3) is 0.333. The number of nitrogens with zero attached hydrogens (tertiary/aromatic N) is 2. The molecule has 0 aliphatic carbocycles. The summed E-state index contributed by atoms with van der Waals surface area (Å²) in [4.78, 5) is 35.5. The summed E-state index contributed by atoms with van der Waals surface area (Å²) < 4.78 is 0. The summed E-state index contributed by atoms with van der Waals surface area (Å²) in [5.74, 6) is 0.574. The number of benzene rings is 1. The van der Waals surface area contributed by atoms with Gasteiger partial charge in [0.2, 0.25) is 5.91 Å². The Morgan fingerprint density at radius 1 is 1.21 bits per heavy atom. The van der Waals surface area contributed by atoms with Gasteiger partial charge in [0.25, 0.3) is 5.56 Å². The summed E-state index contributed by atoms with van der Waals surface area (Å²) >= 11 is 2.58. The zero-order valence-electron chi connectivity index (χ0n) is 16.9. The van der Waals surface area contributed by atoms with Gasteiger partial charge in [0, 0.05) is 22.2 Å². The van der Waals surface area contributed by atoms with Gasteiger partial charge in [-0.25, -0.2) is 9.97 Å². The van der Waals surface area contributed by atoms with Gasteiger partial charge in [0.1, 0.15) is 0 Å². The van der Waals surface area contributed by atoms with Crippen LogP contribution in [0.5, 0.6) is 0 Å². The molecule has 152 valence electrons. The molecule has 0 aliphatic rings. The van der Waals surface area contributed by atoms with Crippen LogP contribution < -0.4 is 10.9 Å². The van der Waals surface area contributed by atoms with E-state index in [4.69, 9.17) is 0 Å². The number of amides is 1. The van der Waals surface area contributed by atoms with E-state index in [0.717, 1.165) is 17.7 Å². The number of carbonyl (C=O) groups excluding carboxylic acids is 1. The van der Waals surface area contributed by atoms with Crippen molar-refractivity contribution >= 4 is 34.1 Å². The molecule has 0 atom stereocenters. The van der Waals surface area contributed by atoms with Gasteiger partial charge >= 0.3 is 0 Å². The number of H-pyrrole nitrogens is 1. The molecule has 6 nitrogen and oxygen atoms in total. The Morgan fingerprint density at radius 3 is 2.59 bits per heavy atom. The number of hydrogen-bond donors (Lipinski definition) is 2. The first-order chi connectivity index (χ1) is 13.8. The van der Waals surface area contributed by atoms with Crippen molar-refractivity contribution < 1.29 is 4.79 Å². The van der Waals surface area contributed by atoms with Crippen molar-refractivity contribution in [1.82, 2.24) is 15.0 Å². The number of aromatic nitrogens is 3. The number of thioether (sulfide) groups is 1. The Kier molecular flexibility index (Phi) is 6.87. The first-order valence-electron chi connectivity index (χ1n) is 9.37. The Balaban J connectivity index is 1.58. The van der Waals surface area contributed by atoms with E-state index in [2.05, 4.69) is 58.4 Å². The Bertz CT molecular complexity index is 1060. The van der Waals surface area contributed by atoms with Crippen LogP contribution in [-0.2, 0) is 11.2 Å². The van der Waals surface area contributed by atoms with Crippen molar-refractivity contribution in [2.45, 2.75) is 39.3 Å². The average Bonchev–Trinajstić information content (AvgIpc) is 3.13. The molecule has 0 spiro atoms. The molecule has 0 radical (unpaired) electrons. The van der Waals surface area contributed by atoms with Crippen LogP contribution in [-0.4, -0.2) is 26.6 Å². The monoisotopic (exact) mass is 428 g/mol. The second kappa shape index (κ2) is 9.37. The third-order valence-corrected chi connectivity index (χ3v) is 5.99. The fourth-order valence-electron chi connectivity index (χ4n) is 2.72. The molecule has 0 unspecified atom stereocenters. The van der Waals surface area contributed by atoms with Crippen LogP contribution in [0, 0.1) is 19.8 Å². The molecule has 2 heterocycles. The molecular formula is C21H24N4O2S2. The Morgan fingerprint density at radius 2 is 1.93 bits per heavy atom. The van der Waals surface area contributed by atoms with E-state index in [0.29, 0.717) is 27.5 Å². The second-order valence-electron chi connectivity index (χ2n) is 7.25. The molecule has 0 fully saturated rings. The average molecular weight is 429 g/mol. The highest BCUT2D eigenvalue weighted by Gasteiger charge is 2.11. The number of nitrogens with one attached hydrogen (secondary N) is 2. The summed E-state index contributed by atoms with van der Waals surface area (Å²) in [6.45, 7) is 7.91. The summed E-state index contributed by atoms with van der Waals surface area (Å²) in [7, 11) is 0. The smallest absolute Gasteiger partial charge is 0.254 e. The van der Waals surface area contributed by atoms with E-state index in [1.165, 1.54) is 28.7 Å². The van der Waals surface area contributed by atoms with Crippen molar-refractivity contribution in [3.63, 3.8) is 0 Å². The Labute approximate surface area is 178 Å². The highest BCUT2D eigenvalue weighted by atomic mass is 32.2. The fourth-order valence-corrected chi connectivity index (χ4v) is 4.17. The van der Waals surface area contributed by atoms with E-state index in [1.807, 2.05) is 5.38 Å². The summed E-state index contributed by atoms with van der Waals surface area (Å²) in [6.07, 6.45) is 1.05. The van der Waals surface area contributed by atoms with Gasteiger partial charge in [-0.05, 0) is 31.7 Å². The van der Waals surface area contributed by atoms with Crippen molar-refractivity contribution in [3.8, 4) is 11.3 Å². The molecule has 2 aromatic heterocycles. The van der Waals surface area contributed by atoms with Gasteiger partial charge in [0.05, 0.1) is 11.4 Å². The molecule has 0 saturated heterocycles. The third-order valence-electron chi connectivity index (χ3n) is 4.36. The molecule has 0 saturated carbocycles. The predicted molar refractivity (Wildman–Crippen MR) is 120 cm³/mol. The Hall–Kier alpha value is -2.45. The lowest BCUT2D eigenvalue weighted by Gasteiger charge is -2.05. The van der Waals surface area contributed by atoms with E-state index in [1.54, 1.807) is 13.8 Å². The molecule has 3 aromatic rings. The molecule has 0 aliphatic heterocycles. The minimum absolute atomic E-state index is 0.143. The number of thiazole rings is 1. The molecule has 8 heteroatoms. The van der Waals surface area contributed by atoms with Crippen LogP contribution in [0.15, 0.2) is 39.6 Å². The lowest BCUT2D eigenvalue weighted by Crippen LogP contribution is -2.17. The van der Waals surface area contributed by atoms with Crippen LogP contribution in [0.3, 0.4) is 0 Å². The van der Waals surface area contributed by atoms with Gasteiger partial charge in [0.15, 0.2) is 10.3 Å². The highest BCUT2D eigenvalue weighted by molar-refractivity contribution is 7.99. The van der Waals surface area contributed by atoms with Crippen LogP contribution in [0.2, 0.25) is 0 Å². The normalized spacial score (nSPS) is 11.1. The van der Waals surface area contributed by atoms with Crippen LogP contribution >= 0.6 is 23.1 Å². The highest BCUT2D eigenvalue weighted by Crippen LogP contribution is 2.26. The number of anilines is 1. The number of hydrogen-bond acceptors (Lipinski definition) is 6. The zero-order chi connectivity index (χ0) is 21.0. The van der Waals surface area contributed by atoms with Gasteiger partial charge < -0.3 is 10.3 Å². The van der Waals surface area contributed by atoms with Crippen molar-refractivity contribution in [3.05, 3.63) is 56.8 Å². The molecule has 29 heavy (non-hydrogen) atoms. The maximum Gasteiger partial charge on any atom is 0.254 e. The summed E-state index contributed by atoms with van der Waals surface area (Å²) in [6, 6.07) is 8.38. The van der Waals surface area contributed by atoms with Crippen LogP contribution in [0.4, 0.5) is 5.13 Å². The molecule has 0 bridgehead atoms. The quantitative estimate of drug-likeness (QED) is 0.429. The topological polar surface area (TPSA) is 87.7 Å². The number of carbonyl (C=O) groups is 1. The lowest BCUT2D eigenvalue weighted by atomic mass is 10.0. The number of aromatic amines is 1. The number of rotatable bonds is 7. The summed E-state index contributed by atoms with van der Waals surface area (Å²) in [5, 5.41) is 5.73. The molecule has 3 rings (SSSR count). The second-order valence-corrected chi connectivity index (χ2v) is 9.07. The summed E-state index contributed by atoms with van der Waals surface area (Å²) in [5.41, 5.74) is 4.26. The van der Waals surface area contributed by atoms with Gasteiger partial charge in [-0.15, -0.1) is 11.3 Å². The van der Waals surface area contributed by atoms with E-state index in [9.17, 15) is 9.59 Å². The number of aryl methyl sites for hydroxylation is 1. The third kappa shape index (κ3) is 5.77. The minimum atomic E-state index is -0.191. The van der Waals surface area contributed by atoms with Gasteiger partial charge in [-0.2, -0.15) is 0 Å². The SMILES string of the molecule is Cc1nc(SCC(=O)Nc2nc(-c3ccc(CC(C)C)cc3)cs2)[nH]c(=O)c1C. The van der Waals surface area contributed by atoms with Crippen molar-refractivity contribution in [1.29, 1.82) is 0 Å². The molecule has 1 aromatic carbocycles. The largest absolute Gasteiger partial charge is 0.301 e. The van der Waals surface area contributed by atoms with Crippen molar-refractivity contribution in [2.24, 2.45) is 5.92 Å². The maximum atomic E-state index is 12.2. The minimum Gasteiger partial charge on any atom is -0.301 e. The van der Waals surface area contributed by atoms with E-state index < -0.39 is 0 Å². The molecular weight excluding hydrogens is 404 g/mol. The van der Waals surface area contributed by atoms with Crippen LogP contribution in [0.25, 0.3) is 11.3 Å². The zero-order valence-corrected chi connectivity index (χ0v) is 18.5. The molecule has 1 amide bonds. The maximum absolute atomic E-state index is 12.2. The molecule has 2 N–H and O–H groups in total. The van der Waals surface area contributed by atoms with Crippen molar-refractivity contribution in [2.75, 3.05) is 11.1 Å². The first kappa shape index (κ1) is 21.3.